The lowest BCUT2D eigenvalue weighted by Crippen LogP contribution is -2.46. The summed E-state index contributed by atoms with van der Waals surface area (Å²) >= 11 is 0. The first kappa shape index (κ1) is 11.4. The maximum atomic E-state index is 9.47. The molecule has 0 saturated heterocycles. The number of aliphatic hydroxyl groups is 1. The van der Waals surface area contributed by atoms with Crippen LogP contribution in [0.5, 0.6) is 0 Å². The highest BCUT2D eigenvalue weighted by atomic mass is 16.3. The molecule has 0 rings (SSSR count). The van der Waals surface area contributed by atoms with E-state index in [0.717, 1.165) is 0 Å². The van der Waals surface area contributed by atoms with Crippen molar-refractivity contribution < 1.29 is 5.11 Å². The zero-order valence-corrected chi connectivity index (χ0v) is 8.26. The molecule has 0 radical (unpaired) electrons. The molecule has 12 heavy (non-hydrogen) atoms. The van der Waals surface area contributed by atoms with Crippen LogP contribution >= 0.6 is 0 Å². The number of nitrogens with one attached hydrogen (secondary N) is 1. The van der Waals surface area contributed by atoms with Gasteiger partial charge in [0.05, 0.1) is 11.6 Å². The minimum Gasteiger partial charge on any atom is -0.389 e. The molecule has 72 valence electrons. The fourth-order valence-electron chi connectivity index (χ4n) is 0.985. The highest BCUT2D eigenvalue weighted by Gasteiger charge is 2.20. The summed E-state index contributed by atoms with van der Waals surface area (Å²) in [6.07, 6.45) is 0. The van der Waals surface area contributed by atoms with Gasteiger partial charge in [-0.25, -0.2) is 0 Å². The first-order valence-corrected chi connectivity index (χ1v) is 4.00. The van der Waals surface area contributed by atoms with E-state index in [0.29, 0.717) is 6.54 Å². The lowest BCUT2D eigenvalue weighted by molar-refractivity contribution is 0.0407. The summed E-state index contributed by atoms with van der Waals surface area (Å²) in [4.78, 5) is 1.85. The smallest absolute Gasteiger partial charge is 0.108 e. The minimum absolute atomic E-state index is 0.114. The molecule has 4 heteroatoms. The SMILES string of the molecule is CC(C(=N)N)N(C)CC(C)(C)O. The van der Waals surface area contributed by atoms with Crippen LogP contribution in [-0.4, -0.2) is 41.1 Å². The number of rotatable bonds is 4. The molecule has 0 aromatic heterocycles. The average Bonchev–Trinajstić information content (AvgIpc) is 1.82. The first-order chi connectivity index (χ1) is 5.24. The molecule has 4 nitrogen and oxygen atoms in total. The molecular formula is C8H19N3O. The summed E-state index contributed by atoms with van der Waals surface area (Å²) < 4.78 is 0. The quantitative estimate of drug-likeness (QED) is 0.414. The van der Waals surface area contributed by atoms with E-state index in [1.807, 2.05) is 18.9 Å². The largest absolute Gasteiger partial charge is 0.389 e. The van der Waals surface area contributed by atoms with E-state index in [4.69, 9.17) is 11.1 Å². The fourth-order valence-corrected chi connectivity index (χ4v) is 0.985. The van der Waals surface area contributed by atoms with Crippen molar-refractivity contribution in [2.24, 2.45) is 5.73 Å². The molecule has 4 N–H and O–H groups in total. The Morgan fingerprint density at radius 3 is 2.33 bits per heavy atom. The van der Waals surface area contributed by atoms with Crippen molar-refractivity contribution in [2.75, 3.05) is 13.6 Å². The second-order valence-electron chi connectivity index (χ2n) is 3.86. The molecule has 0 aliphatic heterocycles. The van der Waals surface area contributed by atoms with E-state index in [9.17, 15) is 5.11 Å². The van der Waals surface area contributed by atoms with Gasteiger partial charge in [-0.2, -0.15) is 0 Å². The Bertz CT molecular complexity index is 162. The van der Waals surface area contributed by atoms with Gasteiger partial charge in [0, 0.05) is 6.54 Å². The lowest BCUT2D eigenvalue weighted by atomic mass is 10.1. The third-order valence-electron chi connectivity index (χ3n) is 1.75. The number of likely N-dealkylation sites (N-methyl/N-ethyl adjacent to an activating group) is 1. The van der Waals surface area contributed by atoms with Crippen molar-refractivity contribution in [3.05, 3.63) is 0 Å². The van der Waals surface area contributed by atoms with Crippen molar-refractivity contribution in [1.29, 1.82) is 5.41 Å². The zero-order valence-electron chi connectivity index (χ0n) is 8.26. The van der Waals surface area contributed by atoms with Crippen molar-refractivity contribution in [1.82, 2.24) is 4.90 Å². The molecule has 1 unspecified atom stereocenters. The monoisotopic (exact) mass is 173 g/mol. The van der Waals surface area contributed by atoms with E-state index in [1.54, 1.807) is 13.8 Å². The summed E-state index contributed by atoms with van der Waals surface area (Å²) in [5.74, 6) is 0.127. The van der Waals surface area contributed by atoms with E-state index in [1.165, 1.54) is 0 Å². The molecule has 0 amide bonds. The summed E-state index contributed by atoms with van der Waals surface area (Å²) in [5, 5.41) is 16.7. The van der Waals surface area contributed by atoms with Crippen molar-refractivity contribution >= 4 is 5.84 Å². The Labute approximate surface area is 73.9 Å². The van der Waals surface area contributed by atoms with Crippen molar-refractivity contribution in [3.8, 4) is 0 Å². The van der Waals surface area contributed by atoms with Crippen LogP contribution in [0, 0.1) is 5.41 Å². The molecule has 0 aliphatic carbocycles. The van der Waals surface area contributed by atoms with Gasteiger partial charge in [0.25, 0.3) is 0 Å². The summed E-state index contributed by atoms with van der Waals surface area (Å²) in [7, 11) is 1.84. The number of nitrogens with zero attached hydrogens (tertiary/aromatic N) is 1. The summed E-state index contributed by atoms with van der Waals surface area (Å²) in [6, 6.07) is -0.114. The van der Waals surface area contributed by atoms with E-state index >= 15 is 0 Å². The molecule has 0 spiro atoms. The Morgan fingerprint density at radius 1 is 1.67 bits per heavy atom. The Hall–Kier alpha value is -0.610. The van der Waals surface area contributed by atoms with E-state index in [2.05, 4.69) is 0 Å². The van der Waals surface area contributed by atoms with Gasteiger partial charge in [0.2, 0.25) is 0 Å². The Balaban J connectivity index is 4.04. The van der Waals surface area contributed by atoms with E-state index < -0.39 is 5.60 Å². The van der Waals surface area contributed by atoms with Gasteiger partial charge in [-0.1, -0.05) is 0 Å². The molecule has 0 bridgehead atoms. The predicted molar refractivity (Wildman–Crippen MR) is 50.3 cm³/mol. The molecule has 0 fully saturated rings. The normalized spacial score (nSPS) is 14.8. The number of amidine groups is 1. The Kier molecular flexibility index (Phi) is 3.67. The third kappa shape index (κ3) is 4.31. The fraction of sp³-hybridized carbons (Fsp3) is 0.875. The van der Waals surface area contributed by atoms with Crippen LogP contribution in [0.2, 0.25) is 0 Å². The van der Waals surface area contributed by atoms with Gasteiger partial charge in [-0.15, -0.1) is 0 Å². The molecular weight excluding hydrogens is 154 g/mol. The van der Waals surface area contributed by atoms with Crippen LogP contribution < -0.4 is 5.73 Å². The second kappa shape index (κ2) is 3.87. The van der Waals surface area contributed by atoms with Crippen LogP contribution in [0.3, 0.4) is 0 Å². The molecule has 1 atom stereocenters. The van der Waals surface area contributed by atoms with Crippen LogP contribution in [0.4, 0.5) is 0 Å². The maximum absolute atomic E-state index is 9.47. The maximum Gasteiger partial charge on any atom is 0.108 e. The van der Waals surface area contributed by atoms with Crippen molar-refractivity contribution in [2.45, 2.75) is 32.4 Å². The Morgan fingerprint density at radius 2 is 2.08 bits per heavy atom. The zero-order chi connectivity index (χ0) is 9.94. The number of nitrogens with two attached hydrogens (primary N) is 1. The predicted octanol–water partition coefficient (Wildman–Crippen LogP) is 0.0136. The van der Waals surface area contributed by atoms with Gasteiger partial charge >= 0.3 is 0 Å². The minimum atomic E-state index is -0.738. The third-order valence-corrected chi connectivity index (χ3v) is 1.75. The summed E-state index contributed by atoms with van der Waals surface area (Å²) in [6.45, 7) is 5.81. The van der Waals surface area contributed by atoms with Gasteiger partial charge < -0.3 is 10.8 Å². The van der Waals surface area contributed by atoms with Crippen LogP contribution in [0.25, 0.3) is 0 Å². The van der Waals surface area contributed by atoms with E-state index in [-0.39, 0.29) is 11.9 Å². The molecule has 0 aromatic carbocycles. The van der Waals surface area contributed by atoms with Gasteiger partial charge in [-0.3, -0.25) is 10.3 Å². The number of hydrogen-bond acceptors (Lipinski definition) is 3. The van der Waals surface area contributed by atoms with Gasteiger partial charge in [-0.05, 0) is 27.8 Å². The topological polar surface area (TPSA) is 73.3 Å². The number of hydrogen-bond donors (Lipinski definition) is 3. The highest BCUT2D eigenvalue weighted by molar-refractivity contribution is 5.82. The average molecular weight is 173 g/mol. The standard InChI is InChI=1S/C8H19N3O/c1-6(7(9)10)11(4)5-8(2,3)12/h6,12H,5H2,1-4H3,(H3,9,10). The first-order valence-electron chi connectivity index (χ1n) is 4.00. The summed E-state index contributed by atoms with van der Waals surface area (Å²) in [5.41, 5.74) is 4.58. The molecule has 0 saturated carbocycles. The van der Waals surface area contributed by atoms with Gasteiger partial charge in [0.15, 0.2) is 0 Å². The molecule has 0 aromatic rings. The highest BCUT2D eigenvalue weighted by Crippen LogP contribution is 2.05. The second-order valence-corrected chi connectivity index (χ2v) is 3.86. The van der Waals surface area contributed by atoms with Crippen LogP contribution in [0.1, 0.15) is 20.8 Å². The van der Waals surface area contributed by atoms with Crippen molar-refractivity contribution in [3.63, 3.8) is 0 Å². The lowest BCUT2D eigenvalue weighted by Gasteiger charge is -2.29. The molecule has 0 heterocycles. The van der Waals surface area contributed by atoms with Crippen LogP contribution in [0.15, 0.2) is 0 Å². The molecule has 0 aliphatic rings. The van der Waals surface area contributed by atoms with Gasteiger partial charge in [0.1, 0.15) is 5.84 Å². The van der Waals surface area contributed by atoms with Crippen LogP contribution in [-0.2, 0) is 0 Å².